The van der Waals surface area contributed by atoms with E-state index in [4.69, 9.17) is 9.84 Å². The molecule has 1 saturated heterocycles. The third-order valence-electron chi connectivity index (χ3n) is 6.38. The average molecular weight is 460 g/mol. The van der Waals surface area contributed by atoms with E-state index in [2.05, 4.69) is 34.7 Å². The number of hydrogen-bond donors (Lipinski definition) is 2. The molecule has 2 N–H and O–H groups in total. The number of aliphatic carboxylic acids is 1. The highest BCUT2D eigenvalue weighted by molar-refractivity contribution is 5.95. The summed E-state index contributed by atoms with van der Waals surface area (Å²) in [4.78, 5) is 37.6. The fraction of sp³-hybridized carbons (Fsp3) is 0.280. The third-order valence-corrected chi connectivity index (χ3v) is 6.38. The van der Waals surface area contributed by atoms with Crippen LogP contribution in [0.5, 0.6) is 0 Å². The van der Waals surface area contributed by atoms with Crippen LogP contribution >= 0.6 is 0 Å². The van der Waals surface area contributed by atoms with Crippen LogP contribution in [-0.4, -0.2) is 57.5 Å². The molecule has 1 aromatic heterocycles. The van der Waals surface area contributed by atoms with Gasteiger partial charge in [-0.1, -0.05) is 48.5 Å². The normalized spacial score (nSPS) is 14.8. The predicted molar refractivity (Wildman–Crippen MR) is 124 cm³/mol. The number of aromatic nitrogens is 2. The van der Waals surface area contributed by atoms with E-state index in [0.29, 0.717) is 18.8 Å². The van der Waals surface area contributed by atoms with Gasteiger partial charge in [0, 0.05) is 38.0 Å². The molecule has 3 aromatic rings. The van der Waals surface area contributed by atoms with Gasteiger partial charge in [0.15, 0.2) is 5.82 Å². The maximum absolute atomic E-state index is 12.7. The Labute approximate surface area is 195 Å². The largest absolute Gasteiger partial charge is 0.481 e. The fourth-order valence-corrected chi connectivity index (χ4v) is 4.74. The Morgan fingerprint density at radius 1 is 1.06 bits per heavy atom. The summed E-state index contributed by atoms with van der Waals surface area (Å²) in [6.07, 6.45) is -0.603. The number of rotatable bonds is 6. The number of ether oxygens (including phenoxy) is 1. The van der Waals surface area contributed by atoms with Crippen LogP contribution in [0.25, 0.3) is 11.1 Å². The van der Waals surface area contributed by atoms with Crippen LogP contribution in [0.4, 0.5) is 10.6 Å². The lowest BCUT2D eigenvalue weighted by atomic mass is 9.96. The van der Waals surface area contributed by atoms with Crippen LogP contribution in [0.2, 0.25) is 0 Å². The molecule has 0 saturated carbocycles. The summed E-state index contributed by atoms with van der Waals surface area (Å²) in [7, 11) is 1.62. The van der Waals surface area contributed by atoms with Gasteiger partial charge in [-0.2, -0.15) is 5.10 Å². The summed E-state index contributed by atoms with van der Waals surface area (Å²) >= 11 is 0. The van der Waals surface area contributed by atoms with Gasteiger partial charge in [-0.15, -0.1) is 0 Å². The molecule has 9 nitrogen and oxygen atoms in total. The summed E-state index contributed by atoms with van der Waals surface area (Å²) in [5.41, 5.74) is 4.85. The number of carbonyl (C=O) groups excluding carboxylic acids is 2. The molecule has 0 unspecified atom stereocenters. The monoisotopic (exact) mass is 460 g/mol. The molecule has 174 valence electrons. The Morgan fingerprint density at radius 3 is 2.29 bits per heavy atom. The van der Waals surface area contributed by atoms with Gasteiger partial charge >= 0.3 is 12.1 Å². The van der Waals surface area contributed by atoms with Crippen molar-refractivity contribution in [2.75, 3.05) is 25.0 Å². The van der Waals surface area contributed by atoms with Gasteiger partial charge in [0.1, 0.15) is 12.3 Å². The average Bonchev–Trinajstić information content (AvgIpc) is 3.31. The van der Waals surface area contributed by atoms with Crippen LogP contribution in [0, 0.1) is 5.92 Å². The third kappa shape index (κ3) is 4.00. The molecule has 0 atom stereocenters. The molecular weight excluding hydrogens is 436 g/mol. The van der Waals surface area contributed by atoms with Crippen molar-refractivity contribution in [3.63, 3.8) is 0 Å². The summed E-state index contributed by atoms with van der Waals surface area (Å²) in [6, 6.07) is 17.7. The Bertz CT molecular complexity index is 1230. The molecule has 5 rings (SSSR count). The molecule has 1 fully saturated rings. The van der Waals surface area contributed by atoms with Gasteiger partial charge in [0.2, 0.25) is 0 Å². The van der Waals surface area contributed by atoms with Crippen molar-refractivity contribution in [3.8, 4) is 11.1 Å². The van der Waals surface area contributed by atoms with Crippen LogP contribution in [0.1, 0.15) is 34.0 Å². The molecule has 1 aliphatic heterocycles. The van der Waals surface area contributed by atoms with E-state index in [-0.39, 0.29) is 36.6 Å². The van der Waals surface area contributed by atoms with Gasteiger partial charge in [0.05, 0.1) is 6.42 Å². The number of amides is 2. The number of likely N-dealkylation sites (tertiary alicyclic amines) is 1. The Kier molecular flexibility index (Phi) is 5.53. The van der Waals surface area contributed by atoms with E-state index in [1.807, 2.05) is 24.3 Å². The summed E-state index contributed by atoms with van der Waals surface area (Å²) in [6.45, 7) is 0.966. The molecule has 2 heterocycles. The van der Waals surface area contributed by atoms with E-state index in [9.17, 15) is 14.4 Å². The van der Waals surface area contributed by atoms with E-state index in [1.165, 1.54) is 10.7 Å². The van der Waals surface area contributed by atoms with E-state index >= 15 is 0 Å². The van der Waals surface area contributed by atoms with E-state index in [1.54, 1.807) is 11.9 Å². The number of fused-ring (bicyclic) bond motifs is 3. The second kappa shape index (κ2) is 8.66. The molecular formula is C25H24N4O5. The zero-order valence-electron chi connectivity index (χ0n) is 18.6. The molecule has 0 radical (unpaired) electrons. The first kappa shape index (κ1) is 21.7. The maximum atomic E-state index is 12.7. The number of carboxylic acids is 1. The summed E-state index contributed by atoms with van der Waals surface area (Å²) in [5, 5.41) is 15.7. The zero-order chi connectivity index (χ0) is 23.8. The summed E-state index contributed by atoms with van der Waals surface area (Å²) < 4.78 is 6.93. The molecule has 1 aliphatic carbocycles. The SMILES string of the molecule is Cn1nc(NC(=O)OCC2c3ccccc3-c3ccccc32)cc1C(=O)N1CC(CC(=O)O)C1. The van der Waals surface area contributed by atoms with Crippen molar-refractivity contribution in [2.45, 2.75) is 12.3 Å². The molecule has 0 spiro atoms. The van der Waals surface area contributed by atoms with Crippen LogP contribution < -0.4 is 5.32 Å². The number of benzene rings is 2. The van der Waals surface area contributed by atoms with Gasteiger partial charge in [-0.05, 0) is 22.3 Å². The lowest BCUT2D eigenvalue weighted by molar-refractivity contribution is -0.139. The lowest BCUT2D eigenvalue weighted by Gasteiger charge is -2.38. The maximum Gasteiger partial charge on any atom is 0.412 e. The molecule has 0 bridgehead atoms. The minimum Gasteiger partial charge on any atom is -0.481 e. The highest BCUT2D eigenvalue weighted by atomic mass is 16.5. The lowest BCUT2D eigenvalue weighted by Crippen LogP contribution is -2.51. The van der Waals surface area contributed by atoms with Crippen molar-refractivity contribution in [2.24, 2.45) is 13.0 Å². The van der Waals surface area contributed by atoms with Crippen molar-refractivity contribution in [1.29, 1.82) is 0 Å². The number of nitrogens with one attached hydrogen (secondary N) is 1. The first-order valence-corrected chi connectivity index (χ1v) is 11.1. The quantitative estimate of drug-likeness (QED) is 0.583. The number of carbonyl (C=O) groups is 3. The first-order valence-electron chi connectivity index (χ1n) is 11.1. The van der Waals surface area contributed by atoms with Crippen molar-refractivity contribution in [3.05, 3.63) is 71.4 Å². The second-order valence-electron chi connectivity index (χ2n) is 8.66. The highest BCUT2D eigenvalue weighted by Crippen LogP contribution is 2.44. The molecule has 9 heteroatoms. The zero-order valence-corrected chi connectivity index (χ0v) is 18.6. The van der Waals surface area contributed by atoms with Gasteiger partial charge in [0.25, 0.3) is 5.91 Å². The minimum atomic E-state index is -0.868. The first-order chi connectivity index (χ1) is 16.4. The van der Waals surface area contributed by atoms with Crippen molar-refractivity contribution >= 4 is 23.8 Å². The molecule has 34 heavy (non-hydrogen) atoms. The van der Waals surface area contributed by atoms with Gasteiger partial charge < -0.3 is 14.7 Å². The van der Waals surface area contributed by atoms with E-state index in [0.717, 1.165) is 22.3 Å². The number of carboxylic acid groups (broad SMARTS) is 1. The summed E-state index contributed by atoms with van der Waals surface area (Å²) in [5.74, 6) is -0.993. The van der Waals surface area contributed by atoms with E-state index < -0.39 is 12.1 Å². The number of aryl methyl sites for hydroxylation is 1. The molecule has 2 aliphatic rings. The fourth-order valence-electron chi connectivity index (χ4n) is 4.74. The number of hydrogen-bond acceptors (Lipinski definition) is 5. The Hall–Kier alpha value is -4.14. The number of anilines is 1. The Balaban J connectivity index is 1.20. The van der Waals surface area contributed by atoms with Crippen LogP contribution in [0.3, 0.4) is 0 Å². The van der Waals surface area contributed by atoms with Gasteiger partial charge in [-0.3, -0.25) is 19.6 Å². The van der Waals surface area contributed by atoms with Crippen molar-refractivity contribution in [1.82, 2.24) is 14.7 Å². The van der Waals surface area contributed by atoms with Crippen LogP contribution in [-0.2, 0) is 16.6 Å². The minimum absolute atomic E-state index is 0.0342. The number of nitrogens with zero attached hydrogens (tertiary/aromatic N) is 3. The second-order valence-corrected chi connectivity index (χ2v) is 8.66. The Morgan fingerprint density at radius 2 is 1.68 bits per heavy atom. The molecule has 2 aromatic carbocycles. The van der Waals surface area contributed by atoms with Gasteiger partial charge in [-0.25, -0.2) is 4.79 Å². The smallest absolute Gasteiger partial charge is 0.412 e. The van der Waals surface area contributed by atoms with Crippen LogP contribution in [0.15, 0.2) is 54.6 Å². The predicted octanol–water partition coefficient (Wildman–Crippen LogP) is 3.33. The topological polar surface area (TPSA) is 114 Å². The molecule has 2 amide bonds. The van der Waals surface area contributed by atoms with Crippen molar-refractivity contribution < 1.29 is 24.2 Å². The standard InChI is InChI=1S/C25H24N4O5/c1-28-21(24(32)29-12-15(13-29)10-23(30)31)11-22(27-28)26-25(33)34-14-20-18-8-4-2-6-16(18)17-7-3-5-9-19(17)20/h2-9,11,15,20H,10,12-14H2,1H3,(H,30,31)(H,26,27,33). The highest BCUT2D eigenvalue weighted by Gasteiger charge is 2.34.